The lowest BCUT2D eigenvalue weighted by atomic mass is 9.82. The summed E-state index contributed by atoms with van der Waals surface area (Å²) < 4.78 is 2.66. The number of aromatic nitrogens is 2. The first-order valence-corrected chi connectivity index (χ1v) is 17.3. The zero-order chi connectivity index (χ0) is 32.0. The highest BCUT2D eigenvalue weighted by molar-refractivity contribution is 7.26. The van der Waals surface area contributed by atoms with E-state index in [-0.39, 0.29) is 5.41 Å². The first kappa shape index (κ1) is 27.5. The van der Waals surface area contributed by atoms with Gasteiger partial charge in [0, 0.05) is 47.5 Å². The summed E-state index contributed by atoms with van der Waals surface area (Å²) in [6, 6.07) is 52.7. The molecule has 1 aliphatic carbocycles. The van der Waals surface area contributed by atoms with Gasteiger partial charge in [0.05, 0.1) is 22.4 Å². The van der Waals surface area contributed by atoms with Crippen LogP contribution in [0.1, 0.15) is 25.0 Å². The molecule has 3 heterocycles. The average molecular weight is 631 g/mol. The van der Waals surface area contributed by atoms with Gasteiger partial charge in [0.1, 0.15) is 0 Å². The van der Waals surface area contributed by atoms with Crippen LogP contribution in [0.15, 0.2) is 146 Å². The third-order valence-corrected chi connectivity index (χ3v) is 11.5. The van der Waals surface area contributed by atoms with Crippen molar-refractivity contribution in [2.24, 2.45) is 0 Å². The maximum absolute atomic E-state index is 5.27. The summed E-state index contributed by atoms with van der Waals surface area (Å²) in [7, 11) is 0. The second-order valence-corrected chi connectivity index (χ2v) is 14.4. The monoisotopic (exact) mass is 630 g/mol. The van der Waals surface area contributed by atoms with Crippen LogP contribution in [0.25, 0.3) is 86.7 Å². The molecule has 0 N–H and O–H groups in total. The Labute approximate surface area is 283 Å². The molecule has 0 saturated carbocycles. The fraction of sp³-hybridized carbons (Fsp3) is 0.0667. The quantitative estimate of drug-likeness (QED) is 0.182. The van der Waals surface area contributed by atoms with Crippen LogP contribution in [0.3, 0.4) is 0 Å². The number of fused-ring (bicyclic) bond motifs is 9. The van der Waals surface area contributed by atoms with Crippen LogP contribution in [-0.2, 0) is 5.41 Å². The van der Waals surface area contributed by atoms with E-state index in [4.69, 9.17) is 9.97 Å². The number of benzene rings is 6. The molecule has 0 spiro atoms. The summed E-state index contributed by atoms with van der Waals surface area (Å²) in [6.07, 6.45) is 0. The molecule has 48 heavy (non-hydrogen) atoms. The van der Waals surface area contributed by atoms with E-state index in [9.17, 15) is 0 Å². The minimum Gasteiger partial charge on any atom is -0.245 e. The normalized spacial score (nSPS) is 13.4. The van der Waals surface area contributed by atoms with Crippen molar-refractivity contribution in [1.82, 2.24) is 9.97 Å². The molecule has 3 heteroatoms. The Kier molecular flexibility index (Phi) is 5.82. The lowest BCUT2D eigenvalue weighted by molar-refractivity contribution is 0.660. The Hall–Kier alpha value is -5.64. The number of pyridine rings is 2. The van der Waals surface area contributed by atoms with Gasteiger partial charge in [-0.15, -0.1) is 11.3 Å². The fourth-order valence-corrected chi connectivity index (χ4v) is 8.99. The Balaban J connectivity index is 1.04. The van der Waals surface area contributed by atoms with E-state index >= 15 is 0 Å². The van der Waals surface area contributed by atoms with Crippen molar-refractivity contribution in [3.05, 3.63) is 157 Å². The molecule has 0 aliphatic heterocycles. The van der Waals surface area contributed by atoms with Crippen LogP contribution in [0.5, 0.6) is 0 Å². The summed E-state index contributed by atoms with van der Waals surface area (Å²) in [6.45, 7) is 4.65. The second-order valence-electron chi connectivity index (χ2n) is 13.4. The van der Waals surface area contributed by atoms with Crippen molar-refractivity contribution in [3.63, 3.8) is 0 Å². The van der Waals surface area contributed by atoms with Gasteiger partial charge in [-0.1, -0.05) is 135 Å². The van der Waals surface area contributed by atoms with E-state index in [1.165, 1.54) is 53.6 Å². The van der Waals surface area contributed by atoms with Gasteiger partial charge in [-0.05, 0) is 57.6 Å². The molecule has 0 radical (unpaired) electrons. The van der Waals surface area contributed by atoms with Gasteiger partial charge in [0.2, 0.25) is 0 Å². The molecule has 0 saturated heterocycles. The topological polar surface area (TPSA) is 25.8 Å². The van der Waals surface area contributed by atoms with Crippen LogP contribution in [0, 0.1) is 0 Å². The summed E-state index contributed by atoms with van der Waals surface area (Å²) in [5.41, 5.74) is 13.8. The van der Waals surface area contributed by atoms with E-state index in [0.717, 1.165) is 44.3 Å². The highest BCUT2D eigenvalue weighted by atomic mass is 32.1. The lowest BCUT2D eigenvalue weighted by Gasteiger charge is -2.21. The summed E-state index contributed by atoms with van der Waals surface area (Å²) in [5, 5.41) is 4.83. The van der Waals surface area contributed by atoms with E-state index in [0.29, 0.717) is 0 Å². The first-order chi connectivity index (χ1) is 23.5. The van der Waals surface area contributed by atoms with Crippen LogP contribution in [0.4, 0.5) is 0 Å². The van der Waals surface area contributed by atoms with Gasteiger partial charge >= 0.3 is 0 Å². The van der Waals surface area contributed by atoms with Crippen molar-refractivity contribution in [2.45, 2.75) is 19.3 Å². The van der Waals surface area contributed by atoms with Gasteiger partial charge in [-0.25, -0.2) is 9.97 Å². The SMILES string of the molecule is CC1(C)c2ccccc2-c2ccc(-c3ccc4ccc5ccc(-c6ccc(-c7cccc8c7sc7ccccc78)cc6)nc5c4n3)cc21. The van der Waals surface area contributed by atoms with Crippen molar-refractivity contribution in [1.29, 1.82) is 0 Å². The minimum absolute atomic E-state index is 0.0537. The zero-order valence-corrected chi connectivity index (χ0v) is 27.5. The van der Waals surface area contributed by atoms with Gasteiger partial charge in [-0.3, -0.25) is 0 Å². The Morgan fingerprint density at radius 1 is 0.458 bits per heavy atom. The maximum Gasteiger partial charge on any atom is 0.0972 e. The molecule has 9 aromatic rings. The molecule has 0 atom stereocenters. The van der Waals surface area contributed by atoms with Gasteiger partial charge in [0.25, 0.3) is 0 Å². The van der Waals surface area contributed by atoms with E-state index in [2.05, 4.69) is 159 Å². The molecule has 1 aliphatic rings. The highest BCUT2D eigenvalue weighted by Gasteiger charge is 2.35. The third-order valence-electron chi connectivity index (χ3n) is 10.3. The number of hydrogen-bond donors (Lipinski definition) is 0. The van der Waals surface area contributed by atoms with Gasteiger partial charge in [-0.2, -0.15) is 0 Å². The summed E-state index contributed by atoms with van der Waals surface area (Å²) in [4.78, 5) is 10.5. The Morgan fingerprint density at radius 2 is 1.04 bits per heavy atom. The number of nitrogens with zero attached hydrogens (tertiary/aromatic N) is 2. The van der Waals surface area contributed by atoms with Gasteiger partial charge < -0.3 is 0 Å². The van der Waals surface area contributed by atoms with Crippen molar-refractivity contribution in [3.8, 4) is 44.8 Å². The molecule has 0 amide bonds. The Bertz CT molecular complexity index is 2750. The second kappa shape index (κ2) is 10.2. The van der Waals surface area contributed by atoms with Crippen molar-refractivity contribution in [2.75, 3.05) is 0 Å². The molecule has 10 rings (SSSR count). The van der Waals surface area contributed by atoms with Crippen LogP contribution < -0.4 is 0 Å². The highest BCUT2D eigenvalue weighted by Crippen LogP contribution is 2.49. The number of thiophene rings is 1. The molecule has 0 bridgehead atoms. The van der Waals surface area contributed by atoms with Crippen LogP contribution in [0.2, 0.25) is 0 Å². The minimum atomic E-state index is -0.0537. The largest absolute Gasteiger partial charge is 0.245 e. The summed E-state index contributed by atoms with van der Waals surface area (Å²) in [5.74, 6) is 0. The van der Waals surface area contributed by atoms with E-state index in [1.807, 2.05) is 11.3 Å². The molecule has 0 unspecified atom stereocenters. The predicted octanol–water partition coefficient (Wildman–Crippen LogP) is 12.5. The standard InChI is InChI=1S/C45H30N2S/c1-45(2)37-12-5-3-8-33(37)34-23-20-31(26-38(34)45)40-25-22-30-19-18-29-21-24-39(46-42(29)43(30)47-40)28-16-14-27(15-17-28)32-10-7-11-36-35-9-4-6-13-41(35)48-44(32)36/h3-26H,1-2H3. The first-order valence-electron chi connectivity index (χ1n) is 16.5. The smallest absolute Gasteiger partial charge is 0.0972 e. The van der Waals surface area contributed by atoms with Crippen molar-refractivity contribution < 1.29 is 0 Å². The lowest BCUT2D eigenvalue weighted by Crippen LogP contribution is -2.14. The number of hydrogen-bond acceptors (Lipinski definition) is 3. The Morgan fingerprint density at radius 3 is 1.83 bits per heavy atom. The molecular weight excluding hydrogens is 601 g/mol. The molecule has 226 valence electrons. The fourth-order valence-electron chi connectivity index (χ4n) is 7.75. The molecule has 6 aromatic carbocycles. The van der Waals surface area contributed by atoms with Crippen LogP contribution >= 0.6 is 11.3 Å². The maximum atomic E-state index is 5.27. The number of rotatable bonds is 3. The molecular formula is C45H30N2S. The molecule has 2 nitrogen and oxygen atoms in total. The van der Waals surface area contributed by atoms with Crippen molar-refractivity contribution >= 4 is 53.3 Å². The van der Waals surface area contributed by atoms with Crippen LogP contribution in [-0.4, -0.2) is 9.97 Å². The zero-order valence-electron chi connectivity index (χ0n) is 26.7. The molecule has 0 fully saturated rings. The van der Waals surface area contributed by atoms with E-state index in [1.54, 1.807) is 0 Å². The summed E-state index contributed by atoms with van der Waals surface area (Å²) >= 11 is 1.87. The average Bonchev–Trinajstić information content (AvgIpc) is 3.63. The van der Waals surface area contributed by atoms with Gasteiger partial charge in [0.15, 0.2) is 0 Å². The third kappa shape index (κ3) is 4.04. The van der Waals surface area contributed by atoms with E-state index < -0.39 is 0 Å². The predicted molar refractivity (Wildman–Crippen MR) is 204 cm³/mol. The molecule has 3 aromatic heterocycles.